The lowest BCUT2D eigenvalue weighted by Gasteiger charge is -2.09. The normalized spacial score (nSPS) is 10.8. The first kappa shape index (κ1) is 20.5. The molecule has 0 aliphatic carbocycles. The second-order valence-corrected chi connectivity index (χ2v) is 7.47. The second-order valence-electron chi connectivity index (χ2n) is 7.47. The quantitative estimate of drug-likeness (QED) is 0.330. The van der Waals surface area contributed by atoms with E-state index in [-0.39, 0.29) is 11.7 Å². The highest BCUT2D eigenvalue weighted by Crippen LogP contribution is 2.27. The molecular weight excluding hydrogens is 419 g/mol. The van der Waals surface area contributed by atoms with E-state index in [0.29, 0.717) is 46.2 Å². The molecule has 33 heavy (non-hydrogen) atoms. The first-order valence-electron chi connectivity index (χ1n) is 10.4. The molecule has 6 heteroatoms. The van der Waals surface area contributed by atoms with Crippen LogP contribution in [0.4, 0.5) is 10.1 Å². The molecule has 0 atom stereocenters. The molecule has 0 aliphatic rings. The minimum absolute atomic E-state index is 0.270. The topological polar surface area (TPSA) is 64.4 Å². The Morgan fingerprint density at radius 1 is 0.909 bits per heavy atom. The molecule has 5 rings (SSSR count). The van der Waals surface area contributed by atoms with Gasteiger partial charge in [-0.2, -0.15) is 0 Å². The van der Waals surface area contributed by atoms with Crippen LogP contribution in [0, 0.1) is 5.82 Å². The summed E-state index contributed by atoms with van der Waals surface area (Å²) in [5.41, 5.74) is 3.74. The third-order valence-corrected chi connectivity index (χ3v) is 5.06. The summed E-state index contributed by atoms with van der Waals surface area (Å²) in [7, 11) is 0. The van der Waals surface area contributed by atoms with E-state index in [1.165, 1.54) is 12.1 Å². The molecule has 0 saturated carbocycles. The van der Waals surface area contributed by atoms with Crippen LogP contribution >= 0.6 is 0 Å². The van der Waals surface area contributed by atoms with Gasteiger partial charge in [-0.05, 0) is 60.2 Å². The molecule has 0 saturated heterocycles. The maximum atomic E-state index is 13.5. The number of carbonyl (C=O) groups excluding carboxylic acids is 1. The summed E-state index contributed by atoms with van der Waals surface area (Å²) in [6.07, 6.45) is 0. The summed E-state index contributed by atoms with van der Waals surface area (Å²) in [4.78, 5) is 17.2. The Hall–Kier alpha value is -4.45. The Balaban J connectivity index is 1.30. The monoisotopic (exact) mass is 438 g/mol. The van der Waals surface area contributed by atoms with Crippen LogP contribution in [-0.2, 0) is 6.61 Å². The van der Waals surface area contributed by atoms with E-state index >= 15 is 0 Å². The number of aromatic nitrogens is 1. The molecule has 1 amide bonds. The highest BCUT2D eigenvalue weighted by atomic mass is 19.1. The van der Waals surface area contributed by atoms with Crippen molar-refractivity contribution in [1.82, 2.24) is 4.98 Å². The van der Waals surface area contributed by atoms with E-state index in [4.69, 9.17) is 9.15 Å². The number of rotatable bonds is 6. The van der Waals surface area contributed by atoms with E-state index in [2.05, 4.69) is 10.3 Å². The lowest BCUT2D eigenvalue weighted by Crippen LogP contribution is -2.12. The Morgan fingerprint density at radius 2 is 1.76 bits per heavy atom. The van der Waals surface area contributed by atoms with Crippen LogP contribution in [0.15, 0.2) is 101 Å². The highest BCUT2D eigenvalue weighted by molar-refractivity contribution is 6.05. The smallest absolute Gasteiger partial charge is 0.255 e. The van der Waals surface area contributed by atoms with Crippen LogP contribution in [0.3, 0.4) is 0 Å². The van der Waals surface area contributed by atoms with Crippen molar-refractivity contribution in [2.75, 3.05) is 5.32 Å². The molecule has 1 heterocycles. The number of nitrogens with one attached hydrogen (secondary N) is 1. The fourth-order valence-corrected chi connectivity index (χ4v) is 3.42. The lowest BCUT2D eigenvalue weighted by molar-refractivity contribution is 0.102. The summed E-state index contributed by atoms with van der Waals surface area (Å²) in [5.74, 6) is 0.292. The van der Waals surface area contributed by atoms with E-state index in [0.717, 1.165) is 5.56 Å². The fourth-order valence-electron chi connectivity index (χ4n) is 3.42. The maximum Gasteiger partial charge on any atom is 0.255 e. The zero-order valence-corrected chi connectivity index (χ0v) is 17.5. The molecule has 4 aromatic carbocycles. The van der Waals surface area contributed by atoms with Gasteiger partial charge in [0.1, 0.15) is 23.7 Å². The summed E-state index contributed by atoms with van der Waals surface area (Å²) in [5, 5.41) is 2.87. The third-order valence-electron chi connectivity index (χ3n) is 5.06. The fraction of sp³-hybridized carbons (Fsp3) is 0.0370. The van der Waals surface area contributed by atoms with Gasteiger partial charge in [-0.15, -0.1) is 0 Å². The standard InChI is InChI=1S/C27H19FN2O3/c28-21-10-4-9-20(14-21)27-30-24-16-22(12-13-25(24)33-27)29-26(31)19-8-5-11-23(15-19)32-17-18-6-2-1-3-7-18/h1-16H,17H2,(H,29,31). The highest BCUT2D eigenvalue weighted by Gasteiger charge is 2.12. The predicted octanol–water partition coefficient (Wildman–Crippen LogP) is 6.47. The van der Waals surface area contributed by atoms with Gasteiger partial charge >= 0.3 is 0 Å². The molecule has 162 valence electrons. The zero-order valence-electron chi connectivity index (χ0n) is 17.5. The number of carbonyl (C=O) groups is 1. The Morgan fingerprint density at radius 3 is 2.61 bits per heavy atom. The van der Waals surface area contributed by atoms with Gasteiger partial charge in [0, 0.05) is 16.8 Å². The minimum Gasteiger partial charge on any atom is -0.489 e. The third kappa shape index (κ3) is 4.75. The van der Waals surface area contributed by atoms with Crippen LogP contribution in [0.25, 0.3) is 22.6 Å². The van der Waals surface area contributed by atoms with Crippen LogP contribution in [0.5, 0.6) is 5.75 Å². The van der Waals surface area contributed by atoms with E-state index in [9.17, 15) is 9.18 Å². The lowest BCUT2D eigenvalue weighted by atomic mass is 10.2. The number of hydrogen-bond acceptors (Lipinski definition) is 4. The summed E-state index contributed by atoms with van der Waals surface area (Å²) in [6.45, 7) is 0.419. The van der Waals surface area contributed by atoms with Crippen molar-refractivity contribution in [1.29, 1.82) is 0 Å². The maximum absolute atomic E-state index is 13.5. The number of halogens is 1. The van der Waals surface area contributed by atoms with Crippen molar-refractivity contribution in [3.8, 4) is 17.2 Å². The van der Waals surface area contributed by atoms with Crippen LogP contribution in [0.1, 0.15) is 15.9 Å². The predicted molar refractivity (Wildman–Crippen MR) is 125 cm³/mol. The van der Waals surface area contributed by atoms with Crippen LogP contribution in [-0.4, -0.2) is 10.9 Å². The number of benzene rings is 4. The summed E-state index contributed by atoms with van der Waals surface area (Å²) >= 11 is 0. The number of oxazole rings is 1. The molecule has 0 spiro atoms. The van der Waals surface area contributed by atoms with Gasteiger partial charge in [0.25, 0.3) is 5.91 Å². The van der Waals surface area contributed by atoms with Crippen LogP contribution < -0.4 is 10.1 Å². The van der Waals surface area contributed by atoms with Gasteiger partial charge in [-0.3, -0.25) is 4.79 Å². The number of nitrogens with zero attached hydrogens (tertiary/aromatic N) is 1. The molecule has 1 N–H and O–H groups in total. The zero-order chi connectivity index (χ0) is 22.6. The molecule has 0 aliphatic heterocycles. The largest absolute Gasteiger partial charge is 0.489 e. The molecule has 5 aromatic rings. The minimum atomic E-state index is -0.363. The average molecular weight is 438 g/mol. The number of amides is 1. The van der Waals surface area contributed by atoms with E-state index in [1.54, 1.807) is 48.5 Å². The van der Waals surface area contributed by atoms with Crippen molar-refractivity contribution in [2.24, 2.45) is 0 Å². The SMILES string of the molecule is O=C(Nc1ccc2oc(-c3cccc(F)c3)nc2c1)c1cccc(OCc2ccccc2)c1. The second kappa shape index (κ2) is 8.96. The van der Waals surface area contributed by atoms with Gasteiger partial charge in [-0.25, -0.2) is 9.37 Å². The molecule has 0 bridgehead atoms. The molecule has 1 aromatic heterocycles. The van der Waals surface area contributed by atoms with Gasteiger partial charge in [0.15, 0.2) is 5.58 Å². The van der Waals surface area contributed by atoms with Gasteiger partial charge in [-0.1, -0.05) is 42.5 Å². The van der Waals surface area contributed by atoms with Crippen molar-refractivity contribution in [3.63, 3.8) is 0 Å². The Labute approximate surface area is 189 Å². The first-order chi connectivity index (χ1) is 16.1. The van der Waals surface area contributed by atoms with Crippen molar-refractivity contribution in [3.05, 3.63) is 114 Å². The van der Waals surface area contributed by atoms with E-state index in [1.807, 2.05) is 36.4 Å². The Bertz CT molecular complexity index is 1430. The van der Waals surface area contributed by atoms with Gasteiger partial charge in [0.2, 0.25) is 5.89 Å². The molecular formula is C27H19FN2O3. The number of ether oxygens (including phenoxy) is 1. The summed E-state index contributed by atoms with van der Waals surface area (Å²) < 4.78 is 25.1. The van der Waals surface area contributed by atoms with Crippen LogP contribution in [0.2, 0.25) is 0 Å². The number of anilines is 1. The van der Waals surface area contributed by atoms with Crippen molar-refractivity contribution in [2.45, 2.75) is 6.61 Å². The molecule has 0 radical (unpaired) electrons. The average Bonchev–Trinajstić information content (AvgIpc) is 3.27. The van der Waals surface area contributed by atoms with Gasteiger partial charge < -0.3 is 14.5 Å². The number of hydrogen-bond donors (Lipinski definition) is 1. The van der Waals surface area contributed by atoms with Gasteiger partial charge in [0.05, 0.1) is 0 Å². The number of fused-ring (bicyclic) bond motifs is 1. The van der Waals surface area contributed by atoms with Crippen molar-refractivity contribution < 1.29 is 18.3 Å². The molecule has 0 unspecified atom stereocenters. The summed E-state index contributed by atoms with van der Waals surface area (Å²) in [6, 6.07) is 28.1. The van der Waals surface area contributed by atoms with Crippen molar-refractivity contribution >= 4 is 22.7 Å². The molecule has 5 nitrogen and oxygen atoms in total. The first-order valence-corrected chi connectivity index (χ1v) is 10.4. The molecule has 0 fully saturated rings. The van der Waals surface area contributed by atoms with E-state index < -0.39 is 0 Å². The Kier molecular flexibility index (Phi) is 5.55.